The SMILES string of the molecule is Fc1cc(-c2c(F)c(F)c(F)c(F)c2F)c(F)c(F)c1F.O=C1C=C(N2CC2)C(=O)C(N2CC2)=C1N1CC1. The number of rotatable bonds is 4. The van der Waals surface area contributed by atoms with E-state index in [4.69, 9.17) is 0 Å². The first-order valence-corrected chi connectivity index (χ1v) is 11.1. The van der Waals surface area contributed by atoms with Gasteiger partial charge in [0, 0.05) is 50.9 Å². The lowest BCUT2D eigenvalue weighted by Gasteiger charge is -2.21. The number of hydrogen-bond donors (Lipinski definition) is 0. The van der Waals surface area contributed by atoms with Crippen LogP contribution in [-0.2, 0) is 9.59 Å². The molecule has 0 saturated carbocycles. The summed E-state index contributed by atoms with van der Waals surface area (Å²) in [7, 11) is 0. The number of hydrogen-bond acceptors (Lipinski definition) is 5. The minimum absolute atomic E-state index is 0.00546. The predicted molar refractivity (Wildman–Crippen MR) is 111 cm³/mol. The van der Waals surface area contributed by atoms with E-state index in [1.54, 1.807) is 0 Å². The van der Waals surface area contributed by atoms with Crippen LogP contribution in [0.15, 0.2) is 29.2 Å². The van der Waals surface area contributed by atoms with Gasteiger partial charge in [-0.05, 0) is 6.07 Å². The standard InChI is InChI=1S/C12HF9.C12H13N3O2/c13-3-1-2(5(14)9(18)6(3)15)4-7(16)10(19)12(21)11(20)8(4)17;16-9-7-8(13-1-2-13)12(17)11(15-5-6-15)10(9)14-3-4-14/h1H;7H,1-6H2. The summed E-state index contributed by atoms with van der Waals surface area (Å²) in [5.41, 5.74) is -1.65. The highest BCUT2D eigenvalue weighted by molar-refractivity contribution is 6.22. The molecule has 0 spiro atoms. The number of ketones is 2. The summed E-state index contributed by atoms with van der Waals surface area (Å²) in [6, 6.07) is -0.216. The number of allylic oxidation sites excluding steroid dienone is 1. The van der Waals surface area contributed by atoms with Crippen molar-refractivity contribution in [3.05, 3.63) is 81.6 Å². The van der Waals surface area contributed by atoms with Gasteiger partial charge >= 0.3 is 0 Å². The first kappa shape index (κ1) is 25.7. The van der Waals surface area contributed by atoms with Crippen LogP contribution in [0, 0.1) is 52.4 Å². The van der Waals surface area contributed by atoms with Crippen LogP contribution >= 0.6 is 0 Å². The summed E-state index contributed by atoms with van der Waals surface area (Å²) < 4.78 is 118. The Hall–Kier alpha value is -3.97. The zero-order valence-electron chi connectivity index (χ0n) is 19.0. The van der Waals surface area contributed by atoms with Crippen LogP contribution in [0.1, 0.15) is 0 Å². The van der Waals surface area contributed by atoms with Crippen molar-refractivity contribution in [1.82, 2.24) is 14.7 Å². The molecule has 3 fully saturated rings. The zero-order chi connectivity index (χ0) is 27.6. The van der Waals surface area contributed by atoms with Gasteiger partial charge in [0.05, 0.1) is 11.3 Å². The van der Waals surface area contributed by atoms with E-state index in [0.29, 0.717) is 17.1 Å². The molecule has 3 saturated heterocycles. The molecule has 0 N–H and O–H groups in total. The quantitative estimate of drug-likeness (QED) is 0.192. The highest BCUT2D eigenvalue weighted by Gasteiger charge is 2.43. The lowest BCUT2D eigenvalue weighted by Crippen LogP contribution is -2.29. The second-order valence-corrected chi connectivity index (χ2v) is 8.67. The van der Waals surface area contributed by atoms with E-state index in [1.807, 2.05) is 14.7 Å². The van der Waals surface area contributed by atoms with Gasteiger partial charge in [-0.3, -0.25) is 9.59 Å². The Morgan fingerprint density at radius 3 is 1.47 bits per heavy atom. The molecule has 0 unspecified atom stereocenters. The summed E-state index contributed by atoms with van der Waals surface area (Å²) >= 11 is 0. The maximum Gasteiger partial charge on any atom is 0.227 e. The van der Waals surface area contributed by atoms with Gasteiger partial charge in [-0.15, -0.1) is 0 Å². The van der Waals surface area contributed by atoms with Gasteiger partial charge in [0.25, 0.3) is 0 Å². The van der Waals surface area contributed by atoms with E-state index >= 15 is 0 Å². The monoisotopic (exact) mass is 547 g/mol. The molecule has 38 heavy (non-hydrogen) atoms. The average molecular weight is 547 g/mol. The third kappa shape index (κ3) is 4.27. The number of nitrogens with zero attached hydrogens (tertiary/aromatic N) is 3. The molecule has 1 aliphatic carbocycles. The number of carbonyl (C=O) groups excluding carboxylic acids is 2. The predicted octanol–water partition coefficient (Wildman–Crippen LogP) is 3.79. The fourth-order valence-corrected chi connectivity index (χ4v) is 3.87. The van der Waals surface area contributed by atoms with Crippen molar-refractivity contribution < 1.29 is 49.1 Å². The summed E-state index contributed by atoms with van der Waals surface area (Å²) in [5.74, 6) is -21.5. The summed E-state index contributed by atoms with van der Waals surface area (Å²) in [6.45, 7) is 5.41. The van der Waals surface area contributed by atoms with Crippen molar-refractivity contribution in [3.8, 4) is 11.1 Å². The number of halogens is 9. The number of Topliss-reactive ketones (excluding diaryl/α,β-unsaturated/α-hetero) is 1. The first-order valence-electron chi connectivity index (χ1n) is 11.1. The first-order chi connectivity index (χ1) is 17.9. The molecular weight excluding hydrogens is 533 g/mol. The molecule has 14 heteroatoms. The number of carbonyl (C=O) groups is 2. The fraction of sp³-hybridized carbons (Fsp3) is 0.250. The van der Waals surface area contributed by atoms with Crippen LogP contribution in [-0.4, -0.2) is 65.5 Å². The molecule has 0 atom stereocenters. The highest BCUT2D eigenvalue weighted by Crippen LogP contribution is 2.36. The van der Waals surface area contributed by atoms with Crippen molar-refractivity contribution in [2.45, 2.75) is 0 Å². The molecular formula is C24H14F9N3O2. The molecule has 0 bridgehead atoms. The van der Waals surface area contributed by atoms with E-state index in [-0.39, 0.29) is 17.6 Å². The highest BCUT2D eigenvalue weighted by atomic mass is 19.2. The summed E-state index contributed by atoms with van der Waals surface area (Å²) in [5, 5.41) is 0. The Morgan fingerprint density at radius 2 is 0.974 bits per heavy atom. The van der Waals surface area contributed by atoms with E-state index in [2.05, 4.69) is 0 Å². The van der Waals surface area contributed by atoms with Crippen molar-refractivity contribution >= 4 is 11.6 Å². The summed E-state index contributed by atoms with van der Waals surface area (Å²) in [4.78, 5) is 30.5. The molecule has 3 aliphatic heterocycles. The zero-order valence-corrected chi connectivity index (χ0v) is 19.0. The lowest BCUT2D eigenvalue weighted by atomic mass is 10.0. The van der Waals surface area contributed by atoms with Gasteiger partial charge in [-0.1, -0.05) is 0 Å². The second-order valence-electron chi connectivity index (χ2n) is 8.67. The van der Waals surface area contributed by atoms with Crippen LogP contribution < -0.4 is 0 Å². The molecule has 3 heterocycles. The van der Waals surface area contributed by atoms with Crippen molar-refractivity contribution in [3.63, 3.8) is 0 Å². The van der Waals surface area contributed by atoms with Crippen LogP contribution in [0.25, 0.3) is 11.1 Å². The Balaban J connectivity index is 0.000000157. The second kappa shape index (κ2) is 9.10. The molecule has 200 valence electrons. The maximum atomic E-state index is 13.4. The minimum atomic E-state index is -2.53. The largest absolute Gasteiger partial charge is 0.365 e. The van der Waals surface area contributed by atoms with Crippen LogP contribution in [0.5, 0.6) is 0 Å². The van der Waals surface area contributed by atoms with Crippen molar-refractivity contribution in [1.29, 1.82) is 0 Å². The average Bonchev–Trinajstić information content (AvgIpc) is 3.72. The van der Waals surface area contributed by atoms with Gasteiger partial charge in [-0.25, -0.2) is 39.5 Å². The van der Waals surface area contributed by atoms with E-state index in [9.17, 15) is 49.1 Å². The van der Waals surface area contributed by atoms with E-state index < -0.39 is 63.5 Å². The number of benzene rings is 2. The Morgan fingerprint density at radius 1 is 0.526 bits per heavy atom. The molecule has 6 rings (SSSR count). The van der Waals surface area contributed by atoms with Crippen LogP contribution in [0.2, 0.25) is 0 Å². The summed E-state index contributed by atoms with van der Waals surface area (Å²) in [6.07, 6.45) is 1.52. The van der Waals surface area contributed by atoms with Crippen molar-refractivity contribution in [2.24, 2.45) is 0 Å². The normalized spacial score (nSPS) is 18.0. The van der Waals surface area contributed by atoms with Crippen LogP contribution in [0.4, 0.5) is 39.5 Å². The van der Waals surface area contributed by atoms with E-state index in [0.717, 1.165) is 39.3 Å². The van der Waals surface area contributed by atoms with E-state index in [1.165, 1.54) is 6.08 Å². The van der Waals surface area contributed by atoms with Gasteiger partial charge in [0.15, 0.2) is 46.5 Å². The molecule has 0 amide bonds. The third-order valence-corrected chi connectivity index (χ3v) is 6.07. The lowest BCUT2D eigenvalue weighted by molar-refractivity contribution is -0.117. The van der Waals surface area contributed by atoms with Gasteiger partial charge < -0.3 is 14.7 Å². The third-order valence-electron chi connectivity index (χ3n) is 6.07. The Bertz CT molecular complexity index is 1450. The minimum Gasteiger partial charge on any atom is -0.365 e. The van der Waals surface area contributed by atoms with Crippen LogP contribution in [0.3, 0.4) is 0 Å². The molecule has 0 radical (unpaired) electrons. The van der Waals surface area contributed by atoms with Crippen molar-refractivity contribution in [2.75, 3.05) is 39.3 Å². The molecule has 2 aromatic rings. The molecule has 5 nitrogen and oxygen atoms in total. The molecule has 0 aromatic heterocycles. The topological polar surface area (TPSA) is 43.2 Å². The maximum absolute atomic E-state index is 13.4. The molecule has 4 aliphatic rings. The Kier molecular flexibility index (Phi) is 6.15. The van der Waals surface area contributed by atoms with Gasteiger partial charge in [-0.2, -0.15) is 0 Å². The Labute approximate surface area is 208 Å². The smallest absolute Gasteiger partial charge is 0.227 e. The van der Waals surface area contributed by atoms with Gasteiger partial charge in [0.1, 0.15) is 11.4 Å². The van der Waals surface area contributed by atoms with Gasteiger partial charge in [0.2, 0.25) is 17.4 Å². The fourth-order valence-electron chi connectivity index (χ4n) is 3.87. The molecule has 2 aromatic carbocycles.